The fourth-order valence-corrected chi connectivity index (χ4v) is 2.99. The molecule has 1 heterocycles. The second-order valence-corrected chi connectivity index (χ2v) is 5.90. The molecule has 0 radical (unpaired) electrons. The van der Waals surface area contributed by atoms with Crippen molar-refractivity contribution in [2.24, 2.45) is 0 Å². The number of ether oxygens (including phenoxy) is 1. The van der Waals surface area contributed by atoms with Gasteiger partial charge in [-0.1, -0.05) is 18.2 Å². The van der Waals surface area contributed by atoms with E-state index in [-0.39, 0.29) is 11.9 Å². The van der Waals surface area contributed by atoms with Gasteiger partial charge in [-0.2, -0.15) is 0 Å². The Morgan fingerprint density at radius 1 is 1.21 bits per heavy atom. The number of aryl methyl sites for hydroxylation is 1. The zero-order valence-electron chi connectivity index (χ0n) is 11.6. The molecule has 0 aromatic heterocycles. The molecule has 0 spiro atoms. The summed E-state index contributed by atoms with van der Waals surface area (Å²) in [5.41, 5.74) is 1.88. The van der Waals surface area contributed by atoms with E-state index in [4.69, 9.17) is 14.5 Å². The standard InChI is InChI=1S/C15H18O4/c1-9-6-5-7-10-11(16)8-12-15(4,13(9)10)19-18-14(2,3)17-12/h5-7,12H,8H2,1-4H3/t12-,15-/m0/s1. The Balaban J connectivity index is 2.15. The number of ketones is 1. The predicted molar refractivity (Wildman–Crippen MR) is 68.6 cm³/mol. The Bertz CT molecular complexity index is 549. The third kappa shape index (κ3) is 1.83. The summed E-state index contributed by atoms with van der Waals surface area (Å²) in [4.78, 5) is 23.3. The van der Waals surface area contributed by atoms with Crippen LogP contribution < -0.4 is 0 Å². The molecule has 1 aromatic carbocycles. The number of hydrogen-bond acceptors (Lipinski definition) is 4. The molecule has 0 unspecified atom stereocenters. The van der Waals surface area contributed by atoms with Crippen LogP contribution in [-0.2, 0) is 20.1 Å². The lowest BCUT2D eigenvalue weighted by molar-refractivity contribution is -0.522. The third-order valence-corrected chi connectivity index (χ3v) is 3.90. The van der Waals surface area contributed by atoms with Crippen molar-refractivity contribution >= 4 is 5.78 Å². The largest absolute Gasteiger partial charge is 0.340 e. The highest BCUT2D eigenvalue weighted by Crippen LogP contribution is 2.46. The van der Waals surface area contributed by atoms with Crippen molar-refractivity contribution in [2.45, 2.75) is 51.6 Å². The number of Topliss-reactive ketones (excluding diaryl/α,β-unsaturated/α-hetero) is 1. The lowest BCUT2D eigenvalue weighted by atomic mass is 9.75. The Kier molecular flexibility index (Phi) is 2.61. The Morgan fingerprint density at radius 3 is 2.68 bits per heavy atom. The summed E-state index contributed by atoms with van der Waals surface area (Å²) in [6, 6.07) is 5.71. The fraction of sp³-hybridized carbons (Fsp3) is 0.533. The fourth-order valence-electron chi connectivity index (χ4n) is 2.99. The smallest absolute Gasteiger partial charge is 0.196 e. The van der Waals surface area contributed by atoms with Gasteiger partial charge in [-0.05, 0) is 33.3 Å². The molecule has 19 heavy (non-hydrogen) atoms. The first-order valence-corrected chi connectivity index (χ1v) is 6.51. The van der Waals surface area contributed by atoms with E-state index >= 15 is 0 Å². The summed E-state index contributed by atoms with van der Waals surface area (Å²) in [5.74, 6) is -0.729. The molecule has 1 aromatic rings. The predicted octanol–water partition coefficient (Wildman–Crippen LogP) is 2.88. The van der Waals surface area contributed by atoms with Gasteiger partial charge in [0, 0.05) is 17.5 Å². The minimum atomic E-state index is -0.829. The van der Waals surface area contributed by atoms with Crippen LogP contribution >= 0.6 is 0 Å². The van der Waals surface area contributed by atoms with Gasteiger partial charge < -0.3 is 4.74 Å². The van der Waals surface area contributed by atoms with E-state index in [9.17, 15) is 4.79 Å². The molecule has 0 amide bonds. The van der Waals surface area contributed by atoms with E-state index in [1.54, 1.807) is 13.8 Å². The molecule has 3 rings (SSSR count). The SMILES string of the molecule is Cc1cccc2c1[C@@]1(C)OOC(C)(C)O[C@H]1CC2=O. The van der Waals surface area contributed by atoms with Crippen molar-refractivity contribution in [1.29, 1.82) is 0 Å². The van der Waals surface area contributed by atoms with Gasteiger partial charge in [0.05, 0.1) is 0 Å². The quantitative estimate of drug-likeness (QED) is 0.674. The Labute approximate surface area is 112 Å². The van der Waals surface area contributed by atoms with Crippen LogP contribution in [0.15, 0.2) is 18.2 Å². The first kappa shape index (κ1) is 12.8. The van der Waals surface area contributed by atoms with Gasteiger partial charge in [-0.15, -0.1) is 0 Å². The maximum absolute atomic E-state index is 12.3. The van der Waals surface area contributed by atoms with Crippen LogP contribution in [0, 0.1) is 6.92 Å². The summed E-state index contributed by atoms with van der Waals surface area (Å²) in [5, 5.41) is 0. The van der Waals surface area contributed by atoms with Gasteiger partial charge in [0.2, 0.25) is 0 Å². The normalized spacial score (nSPS) is 32.6. The highest BCUT2D eigenvalue weighted by atomic mass is 17.2. The van der Waals surface area contributed by atoms with Gasteiger partial charge in [-0.3, -0.25) is 4.79 Å². The van der Waals surface area contributed by atoms with E-state index in [1.807, 2.05) is 32.0 Å². The van der Waals surface area contributed by atoms with Crippen molar-refractivity contribution in [3.05, 3.63) is 34.9 Å². The summed E-state index contributed by atoms with van der Waals surface area (Å²) in [6.07, 6.45) is -0.00271. The van der Waals surface area contributed by atoms with Crippen molar-refractivity contribution in [3.8, 4) is 0 Å². The Hall–Kier alpha value is -1.23. The average Bonchev–Trinajstić information content (AvgIpc) is 2.32. The molecule has 2 atom stereocenters. The zero-order chi connectivity index (χ0) is 13.8. The van der Waals surface area contributed by atoms with Crippen molar-refractivity contribution in [3.63, 3.8) is 0 Å². The lowest BCUT2D eigenvalue weighted by Crippen LogP contribution is -2.56. The number of carbonyl (C=O) groups is 1. The highest BCUT2D eigenvalue weighted by Gasteiger charge is 2.53. The summed E-state index contributed by atoms with van der Waals surface area (Å²) in [6.45, 7) is 7.46. The maximum atomic E-state index is 12.3. The number of carbonyl (C=O) groups excluding carboxylic acids is 1. The van der Waals surface area contributed by atoms with E-state index in [1.165, 1.54) is 0 Å². The van der Waals surface area contributed by atoms with Crippen LogP contribution in [0.2, 0.25) is 0 Å². The second kappa shape index (κ2) is 3.88. The number of fused-ring (bicyclic) bond motifs is 3. The van der Waals surface area contributed by atoms with E-state index in [0.29, 0.717) is 12.0 Å². The topological polar surface area (TPSA) is 44.8 Å². The molecule has 1 aliphatic carbocycles. The van der Waals surface area contributed by atoms with Gasteiger partial charge in [0.25, 0.3) is 0 Å². The molecule has 4 heteroatoms. The van der Waals surface area contributed by atoms with Crippen molar-refractivity contribution in [1.82, 2.24) is 0 Å². The second-order valence-electron chi connectivity index (χ2n) is 5.90. The minimum absolute atomic E-state index is 0.0995. The molecule has 4 nitrogen and oxygen atoms in total. The molecule has 1 aliphatic heterocycles. The molecule has 0 saturated carbocycles. The van der Waals surface area contributed by atoms with Gasteiger partial charge in [-0.25, -0.2) is 9.78 Å². The number of hydrogen-bond donors (Lipinski definition) is 0. The zero-order valence-corrected chi connectivity index (χ0v) is 11.6. The molecule has 2 aliphatic rings. The summed E-state index contributed by atoms with van der Waals surface area (Å²) < 4.78 is 5.89. The first-order chi connectivity index (χ1) is 8.83. The molecular formula is C15H18O4. The number of benzene rings is 1. The number of rotatable bonds is 0. The first-order valence-electron chi connectivity index (χ1n) is 6.51. The average molecular weight is 262 g/mol. The molecule has 1 fully saturated rings. The van der Waals surface area contributed by atoms with Crippen LogP contribution in [0.4, 0.5) is 0 Å². The monoisotopic (exact) mass is 262 g/mol. The highest BCUT2D eigenvalue weighted by molar-refractivity contribution is 6.00. The lowest BCUT2D eigenvalue weighted by Gasteiger charge is -2.48. The minimum Gasteiger partial charge on any atom is -0.340 e. The van der Waals surface area contributed by atoms with Gasteiger partial charge in [0.15, 0.2) is 17.2 Å². The van der Waals surface area contributed by atoms with E-state index in [0.717, 1.165) is 11.1 Å². The summed E-state index contributed by atoms with van der Waals surface area (Å²) in [7, 11) is 0. The molecule has 0 N–H and O–H groups in total. The van der Waals surface area contributed by atoms with Crippen molar-refractivity contribution in [2.75, 3.05) is 0 Å². The van der Waals surface area contributed by atoms with Crippen LogP contribution in [0.1, 0.15) is 48.7 Å². The van der Waals surface area contributed by atoms with Crippen LogP contribution in [0.3, 0.4) is 0 Å². The van der Waals surface area contributed by atoms with Crippen molar-refractivity contribution < 1.29 is 19.3 Å². The molecule has 102 valence electrons. The van der Waals surface area contributed by atoms with Crippen LogP contribution in [-0.4, -0.2) is 17.7 Å². The van der Waals surface area contributed by atoms with E-state index < -0.39 is 11.4 Å². The van der Waals surface area contributed by atoms with Gasteiger partial charge in [0.1, 0.15) is 6.10 Å². The van der Waals surface area contributed by atoms with Crippen LogP contribution in [0.5, 0.6) is 0 Å². The maximum Gasteiger partial charge on any atom is 0.196 e. The molecule has 0 bridgehead atoms. The van der Waals surface area contributed by atoms with Crippen LogP contribution in [0.25, 0.3) is 0 Å². The molecule has 1 saturated heterocycles. The molecular weight excluding hydrogens is 244 g/mol. The summed E-state index contributed by atoms with van der Waals surface area (Å²) >= 11 is 0. The van der Waals surface area contributed by atoms with Gasteiger partial charge >= 0.3 is 0 Å². The third-order valence-electron chi connectivity index (χ3n) is 3.90. The van der Waals surface area contributed by atoms with E-state index in [2.05, 4.69) is 0 Å². The Morgan fingerprint density at radius 2 is 1.95 bits per heavy atom.